The quantitative estimate of drug-likeness (QED) is 0.380. The summed E-state index contributed by atoms with van der Waals surface area (Å²) in [6.45, 7) is 16.7. The Kier molecular flexibility index (Phi) is 4.84. The van der Waals surface area contributed by atoms with E-state index < -0.39 is 8.07 Å². The fourth-order valence-electron chi connectivity index (χ4n) is 4.88. The number of hydrogen-bond acceptors (Lipinski definition) is 0. The molecule has 25 heavy (non-hydrogen) atoms. The topological polar surface area (TPSA) is 0 Å². The normalized spacial score (nSPS) is 18.0. The molecule has 1 aromatic rings. The first-order valence-corrected chi connectivity index (χ1v) is 12.8. The van der Waals surface area contributed by atoms with Crippen LogP contribution >= 0.6 is 0 Å². The van der Waals surface area contributed by atoms with Crippen LogP contribution in [0.2, 0.25) is 18.6 Å². The van der Waals surface area contributed by atoms with Crippen molar-refractivity contribution in [1.29, 1.82) is 0 Å². The van der Waals surface area contributed by atoms with Crippen LogP contribution in [0, 0.1) is 0 Å². The lowest BCUT2D eigenvalue weighted by molar-refractivity contribution is 0.825. The molecule has 132 valence electrons. The van der Waals surface area contributed by atoms with E-state index >= 15 is 0 Å². The van der Waals surface area contributed by atoms with Gasteiger partial charge in [0.1, 0.15) is 8.07 Å². The second-order valence-electron chi connectivity index (χ2n) is 8.40. The summed E-state index contributed by atoms with van der Waals surface area (Å²) in [4.78, 5) is 0. The molecule has 0 aliphatic heterocycles. The fraction of sp³-hybridized carbons (Fsp3) is 0.458. The number of unbranched alkanes of at least 4 members (excludes halogenated alkanes) is 1. The second kappa shape index (κ2) is 6.63. The van der Waals surface area contributed by atoms with Gasteiger partial charge in [-0.1, -0.05) is 61.9 Å². The molecule has 3 rings (SSSR count). The highest BCUT2D eigenvalue weighted by Gasteiger charge is 2.43. The summed E-state index contributed by atoms with van der Waals surface area (Å²) in [7, 11) is -1.71. The van der Waals surface area contributed by atoms with Crippen molar-refractivity contribution in [2.75, 3.05) is 0 Å². The Morgan fingerprint density at radius 1 is 0.920 bits per heavy atom. The van der Waals surface area contributed by atoms with Crippen LogP contribution in [0.15, 0.2) is 52.3 Å². The molecule has 0 nitrogen and oxygen atoms in total. The fourth-order valence-corrected chi connectivity index (χ4v) is 9.16. The van der Waals surface area contributed by atoms with Crippen LogP contribution in [0.3, 0.4) is 0 Å². The summed E-state index contributed by atoms with van der Waals surface area (Å²) in [5.41, 5.74) is 15.1. The molecule has 1 aromatic carbocycles. The van der Waals surface area contributed by atoms with Gasteiger partial charge in [-0.05, 0) is 68.0 Å². The van der Waals surface area contributed by atoms with Crippen molar-refractivity contribution in [3.8, 4) is 0 Å². The molecular weight excluding hydrogens is 316 g/mol. The van der Waals surface area contributed by atoms with Crippen LogP contribution in [-0.4, -0.2) is 8.07 Å². The van der Waals surface area contributed by atoms with E-state index in [1.165, 1.54) is 40.7 Å². The van der Waals surface area contributed by atoms with Crippen LogP contribution in [0.25, 0.3) is 10.8 Å². The van der Waals surface area contributed by atoms with Gasteiger partial charge in [0.25, 0.3) is 0 Å². The molecule has 2 aliphatic rings. The van der Waals surface area contributed by atoms with Crippen molar-refractivity contribution < 1.29 is 0 Å². The standard InChI is InChI=1S/C24H32Si/c1-8-9-12-20-15-23(22-14-11-10-13-21(20)22)25(6,7)24-18(4)16(2)17(3)19(24)5/h10-11,13-14,24H,8-9,12H2,1-7H3. The number of benzene rings is 1. The van der Waals surface area contributed by atoms with E-state index in [1.807, 2.05) is 0 Å². The first-order valence-electron chi connectivity index (χ1n) is 9.75. The van der Waals surface area contributed by atoms with Crippen LogP contribution < -0.4 is 0 Å². The third kappa shape index (κ3) is 2.84. The Hall–Kier alpha value is -1.56. The maximum Gasteiger partial charge on any atom is 0.102 e. The van der Waals surface area contributed by atoms with Gasteiger partial charge in [0.05, 0.1) is 0 Å². The first-order chi connectivity index (χ1) is 11.8. The third-order valence-electron chi connectivity index (χ3n) is 6.56. The van der Waals surface area contributed by atoms with E-state index in [0.29, 0.717) is 5.54 Å². The maximum atomic E-state index is 3.93. The molecule has 0 aromatic heterocycles. The minimum absolute atomic E-state index is 0.619. The van der Waals surface area contributed by atoms with Gasteiger partial charge in [-0.3, -0.25) is 0 Å². The Balaban J connectivity index is 2.12. The second-order valence-corrected chi connectivity index (χ2v) is 12.9. The Morgan fingerprint density at radius 3 is 2.04 bits per heavy atom. The van der Waals surface area contributed by atoms with Crippen LogP contribution in [0.5, 0.6) is 0 Å². The molecule has 0 atom stereocenters. The largest absolute Gasteiger partial charge is 0.117 e. The highest BCUT2D eigenvalue weighted by Crippen LogP contribution is 2.52. The monoisotopic (exact) mass is 348 g/mol. The van der Waals surface area contributed by atoms with Crippen LogP contribution in [0.1, 0.15) is 65.0 Å². The van der Waals surface area contributed by atoms with E-state index in [2.05, 4.69) is 77.7 Å². The molecule has 0 saturated carbocycles. The van der Waals surface area contributed by atoms with Crippen molar-refractivity contribution in [3.63, 3.8) is 0 Å². The Labute approximate surface area is 155 Å². The SMILES string of the molecule is CCCCC1=C=C([Si](C)(C)C2C(C)=C(C)C(C)=C2C)c2ccccc21. The van der Waals surface area contributed by atoms with E-state index in [0.717, 1.165) is 6.42 Å². The summed E-state index contributed by atoms with van der Waals surface area (Å²) >= 11 is 0. The smallest absolute Gasteiger partial charge is 0.102 e. The molecule has 0 saturated heterocycles. The van der Waals surface area contributed by atoms with Crippen molar-refractivity contribution >= 4 is 18.8 Å². The van der Waals surface area contributed by atoms with Crippen molar-refractivity contribution in [3.05, 3.63) is 63.4 Å². The van der Waals surface area contributed by atoms with Gasteiger partial charge in [-0.15, -0.1) is 5.73 Å². The van der Waals surface area contributed by atoms with Crippen molar-refractivity contribution in [2.24, 2.45) is 0 Å². The molecule has 0 radical (unpaired) electrons. The summed E-state index contributed by atoms with van der Waals surface area (Å²) in [6.07, 6.45) is 3.66. The maximum absolute atomic E-state index is 3.93. The van der Waals surface area contributed by atoms with Crippen molar-refractivity contribution in [2.45, 2.75) is 72.5 Å². The lowest BCUT2D eigenvalue weighted by Crippen LogP contribution is -2.35. The van der Waals surface area contributed by atoms with E-state index in [-0.39, 0.29) is 0 Å². The lowest BCUT2D eigenvalue weighted by atomic mass is 10.0. The molecule has 0 spiro atoms. The molecule has 0 amide bonds. The zero-order valence-electron chi connectivity index (χ0n) is 17.0. The molecule has 2 aliphatic carbocycles. The summed E-state index contributed by atoms with van der Waals surface area (Å²) in [5.74, 6) is 0. The van der Waals surface area contributed by atoms with E-state index in [4.69, 9.17) is 0 Å². The summed E-state index contributed by atoms with van der Waals surface area (Å²) in [6, 6.07) is 9.02. The van der Waals surface area contributed by atoms with Gasteiger partial charge < -0.3 is 0 Å². The van der Waals surface area contributed by atoms with Gasteiger partial charge in [-0.2, -0.15) is 0 Å². The minimum atomic E-state index is -1.71. The van der Waals surface area contributed by atoms with Crippen LogP contribution in [0.4, 0.5) is 0 Å². The first kappa shape index (κ1) is 18.2. The van der Waals surface area contributed by atoms with Gasteiger partial charge in [0.15, 0.2) is 0 Å². The third-order valence-corrected chi connectivity index (χ3v) is 10.5. The zero-order valence-corrected chi connectivity index (χ0v) is 18.0. The summed E-state index contributed by atoms with van der Waals surface area (Å²) < 4.78 is 0. The van der Waals surface area contributed by atoms with Gasteiger partial charge in [0.2, 0.25) is 0 Å². The number of allylic oxidation sites excluding steroid dienone is 5. The molecule has 0 heterocycles. The molecule has 0 unspecified atom stereocenters. The Morgan fingerprint density at radius 2 is 1.48 bits per heavy atom. The molecular formula is C24H32Si. The van der Waals surface area contributed by atoms with Gasteiger partial charge in [-0.25, -0.2) is 0 Å². The highest BCUT2D eigenvalue weighted by molar-refractivity contribution is 6.97. The number of rotatable bonds is 5. The average molecular weight is 349 g/mol. The number of fused-ring (bicyclic) bond motifs is 1. The molecule has 0 bridgehead atoms. The molecule has 0 N–H and O–H groups in total. The van der Waals surface area contributed by atoms with Crippen molar-refractivity contribution in [1.82, 2.24) is 0 Å². The number of hydrogen-bond donors (Lipinski definition) is 0. The van der Waals surface area contributed by atoms with Crippen LogP contribution in [-0.2, 0) is 0 Å². The molecule has 0 fully saturated rings. The average Bonchev–Trinajstić information content (AvgIpc) is 3.06. The van der Waals surface area contributed by atoms with E-state index in [9.17, 15) is 0 Å². The van der Waals surface area contributed by atoms with Gasteiger partial charge >= 0.3 is 0 Å². The zero-order chi connectivity index (χ0) is 18.4. The highest BCUT2D eigenvalue weighted by atomic mass is 28.3. The van der Waals surface area contributed by atoms with E-state index in [1.54, 1.807) is 16.3 Å². The molecule has 1 heteroatoms. The summed E-state index contributed by atoms with van der Waals surface area (Å²) in [5, 5.41) is 1.54. The lowest BCUT2D eigenvalue weighted by Gasteiger charge is -2.33. The predicted molar refractivity (Wildman–Crippen MR) is 114 cm³/mol. The Bertz CT molecular complexity index is 815. The minimum Gasteiger partial charge on any atom is -0.117 e. The van der Waals surface area contributed by atoms with Gasteiger partial charge in [0, 0.05) is 11.1 Å². The predicted octanol–water partition coefficient (Wildman–Crippen LogP) is 7.56.